The van der Waals surface area contributed by atoms with Crippen molar-refractivity contribution in [3.63, 3.8) is 0 Å². The number of piperazine rings is 1. The van der Waals surface area contributed by atoms with Gasteiger partial charge in [-0.15, -0.1) is 5.06 Å². The SMILES string of the molecule is CC(C)(C)OC(=O)N1CCN(OCCOC2CCN(OC(=O)c3ccccc3)CC2)CC1. The van der Waals surface area contributed by atoms with E-state index in [1.807, 2.05) is 44.0 Å². The van der Waals surface area contributed by atoms with Crippen molar-refractivity contribution in [1.29, 1.82) is 0 Å². The van der Waals surface area contributed by atoms with Crippen molar-refractivity contribution in [3.8, 4) is 0 Å². The summed E-state index contributed by atoms with van der Waals surface area (Å²) in [6, 6.07) is 9.00. The first-order valence-electron chi connectivity index (χ1n) is 11.3. The Balaban J connectivity index is 1.24. The van der Waals surface area contributed by atoms with Gasteiger partial charge in [-0.05, 0) is 45.7 Å². The van der Waals surface area contributed by atoms with Crippen LogP contribution in [0.5, 0.6) is 0 Å². The molecule has 0 bridgehead atoms. The molecule has 0 aliphatic carbocycles. The first-order chi connectivity index (χ1) is 15.3. The number of hydrogen-bond acceptors (Lipinski definition) is 8. The molecular formula is C23H35N3O6. The van der Waals surface area contributed by atoms with Crippen molar-refractivity contribution in [3.05, 3.63) is 35.9 Å². The molecule has 2 aliphatic heterocycles. The first-order valence-corrected chi connectivity index (χ1v) is 11.3. The van der Waals surface area contributed by atoms with Gasteiger partial charge in [0, 0.05) is 39.3 Å². The average molecular weight is 450 g/mol. The molecule has 2 heterocycles. The van der Waals surface area contributed by atoms with Gasteiger partial charge in [0.1, 0.15) is 5.60 Å². The lowest BCUT2D eigenvalue weighted by Gasteiger charge is -2.35. The van der Waals surface area contributed by atoms with E-state index in [2.05, 4.69) is 0 Å². The maximum atomic E-state index is 12.1. The van der Waals surface area contributed by atoms with E-state index in [4.69, 9.17) is 19.1 Å². The Hall–Kier alpha value is -2.20. The van der Waals surface area contributed by atoms with E-state index >= 15 is 0 Å². The van der Waals surface area contributed by atoms with Crippen LogP contribution >= 0.6 is 0 Å². The zero-order valence-corrected chi connectivity index (χ0v) is 19.3. The molecule has 0 N–H and O–H groups in total. The summed E-state index contributed by atoms with van der Waals surface area (Å²) in [6.45, 7) is 10.3. The second-order valence-electron chi connectivity index (χ2n) is 8.97. The molecule has 178 valence electrons. The monoisotopic (exact) mass is 449 g/mol. The number of benzene rings is 1. The van der Waals surface area contributed by atoms with Gasteiger partial charge < -0.3 is 19.2 Å². The lowest BCUT2D eigenvalue weighted by Crippen LogP contribution is -2.50. The number of rotatable bonds is 7. The van der Waals surface area contributed by atoms with Gasteiger partial charge in [0.25, 0.3) is 0 Å². The molecule has 1 amide bonds. The van der Waals surface area contributed by atoms with Crippen LogP contribution in [0.4, 0.5) is 4.79 Å². The van der Waals surface area contributed by atoms with Crippen LogP contribution in [0.15, 0.2) is 30.3 Å². The predicted octanol–water partition coefficient (Wildman–Crippen LogP) is 2.72. The second kappa shape index (κ2) is 11.6. The number of carbonyl (C=O) groups excluding carboxylic acids is 2. The number of hydroxylamine groups is 4. The smallest absolute Gasteiger partial charge is 0.410 e. The third-order valence-electron chi connectivity index (χ3n) is 5.22. The van der Waals surface area contributed by atoms with E-state index < -0.39 is 5.60 Å². The van der Waals surface area contributed by atoms with Crippen LogP contribution in [-0.4, -0.2) is 91.3 Å². The van der Waals surface area contributed by atoms with Gasteiger partial charge in [-0.2, -0.15) is 5.06 Å². The van der Waals surface area contributed by atoms with E-state index in [9.17, 15) is 9.59 Å². The molecule has 1 aromatic carbocycles. The predicted molar refractivity (Wildman–Crippen MR) is 118 cm³/mol. The largest absolute Gasteiger partial charge is 0.444 e. The molecule has 0 aromatic heterocycles. The summed E-state index contributed by atoms with van der Waals surface area (Å²) in [5, 5.41) is 3.58. The molecule has 32 heavy (non-hydrogen) atoms. The van der Waals surface area contributed by atoms with Crippen molar-refractivity contribution < 1.29 is 28.7 Å². The van der Waals surface area contributed by atoms with Crippen LogP contribution in [0.2, 0.25) is 0 Å². The highest BCUT2D eigenvalue weighted by molar-refractivity contribution is 5.89. The highest BCUT2D eigenvalue weighted by Gasteiger charge is 2.26. The van der Waals surface area contributed by atoms with Gasteiger partial charge in [-0.25, -0.2) is 9.59 Å². The number of amides is 1. The average Bonchev–Trinajstić information content (AvgIpc) is 2.77. The maximum absolute atomic E-state index is 12.1. The molecule has 3 rings (SSSR count). The zero-order valence-electron chi connectivity index (χ0n) is 19.3. The fourth-order valence-corrected chi connectivity index (χ4v) is 3.54. The van der Waals surface area contributed by atoms with Crippen molar-refractivity contribution in [2.24, 2.45) is 0 Å². The number of nitrogens with zero attached hydrogens (tertiary/aromatic N) is 3. The van der Waals surface area contributed by atoms with Crippen LogP contribution in [0, 0.1) is 0 Å². The fourth-order valence-electron chi connectivity index (χ4n) is 3.54. The van der Waals surface area contributed by atoms with E-state index in [0.717, 1.165) is 12.8 Å². The van der Waals surface area contributed by atoms with Gasteiger partial charge in [0.2, 0.25) is 0 Å². The Morgan fingerprint density at radius 2 is 1.56 bits per heavy atom. The summed E-state index contributed by atoms with van der Waals surface area (Å²) >= 11 is 0. The van der Waals surface area contributed by atoms with Gasteiger partial charge in [-0.3, -0.25) is 4.84 Å². The van der Waals surface area contributed by atoms with Crippen LogP contribution in [0.25, 0.3) is 0 Å². The van der Waals surface area contributed by atoms with Crippen molar-refractivity contribution >= 4 is 12.1 Å². The van der Waals surface area contributed by atoms with Gasteiger partial charge >= 0.3 is 12.1 Å². The summed E-state index contributed by atoms with van der Waals surface area (Å²) < 4.78 is 11.3. The summed E-state index contributed by atoms with van der Waals surface area (Å²) in [6.07, 6.45) is 1.46. The molecule has 9 heteroatoms. The van der Waals surface area contributed by atoms with E-state index in [-0.39, 0.29) is 18.2 Å². The van der Waals surface area contributed by atoms with Crippen LogP contribution in [0.3, 0.4) is 0 Å². The van der Waals surface area contributed by atoms with Gasteiger partial charge in [0.05, 0.1) is 24.9 Å². The molecule has 0 unspecified atom stereocenters. The third kappa shape index (κ3) is 8.05. The molecule has 2 fully saturated rings. The summed E-state index contributed by atoms with van der Waals surface area (Å²) in [5.41, 5.74) is 0.0665. The minimum absolute atomic E-state index is 0.134. The quantitative estimate of drug-likeness (QED) is 0.588. The lowest BCUT2D eigenvalue weighted by molar-refractivity contribution is -0.191. The van der Waals surface area contributed by atoms with Crippen molar-refractivity contribution in [2.45, 2.75) is 45.3 Å². The third-order valence-corrected chi connectivity index (χ3v) is 5.22. The van der Waals surface area contributed by atoms with Crippen molar-refractivity contribution in [2.75, 3.05) is 52.5 Å². The minimum atomic E-state index is -0.484. The Bertz CT molecular complexity index is 723. The molecule has 0 atom stereocenters. The summed E-state index contributed by atoms with van der Waals surface area (Å²) in [4.78, 5) is 37.2. The minimum Gasteiger partial charge on any atom is -0.444 e. The Kier molecular flexibility index (Phi) is 8.86. The maximum Gasteiger partial charge on any atom is 0.410 e. The number of ether oxygens (including phenoxy) is 2. The summed E-state index contributed by atoms with van der Waals surface area (Å²) in [5.74, 6) is -0.329. The fraction of sp³-hybridized carbons (Fsp3) is 0.652. The van der Waals surface area contributed by atoms with Gasteiger partial charge in [-0.1, -0.05) is 18.2 Å². The van der Waals surface area contributed by atoms with E-state index in [1.54, 1.807) is 22.1 Å². The lowest BCUT2D eigenvalue weighted by atomic mass is 10.1. The molecule has 9 nitrogen and oxygen atoms in total. The zero-order chi connectivity index (χ0) is 23.0. The molecule has 0 spiro atoms. The molecule has 0 saturated carbocycles. The van der Waals surface area contributed by atoms with E-state index in [1.165, 1.54) is 0 Å². The first kappa shape index (κ1) is 24.4. The second-order valence-corrected chi connectivity index (χ2v) is 8.97. The highest BCUT2D eigenvalue weighted by atomic mass is 16.7. The van der Waals surface area contributed by atoms with Gasteiger partial charge in [0.15, 0.2) is 0 Å². The molecule has 2 aliphatic rings. The Morgan fingerprint density at radius 1 is 0.906 bits per heavy atom. The normalized spacial score (nSPS) is 19.0. The van der Waals surface area contributed by atoms with Crippen LogP contribution in [-0.2, 0) is 19.1 Å². The number of hydrogen-bond donors (Lipinski definition) is 0. The van der Waals surface area contributed by atoms with Crippen LogP contribution in [0.1, 0.15) is 44.0 Å². The number of carbonyl (C=O) groups is 2. The van der Waals surface area contributed by atoms with Crippen LogP contribution < -0.4 is 0 Å². The molecule has 0 radical (unpaired) electrons. The topological polar surface area (TPSA) is 80.8 Å². The highest BCUT2D eigenvalue weighted by Crippen LogP contribution is 2.16. The molecular weight excluding hydrogens is 414 g/mol. The molecule has 2 saturated heterocycles. The standard InChI is InChI=1S/C23H35N3O6/c1-23(2,3)31-22(28)24-13-15-25(16-14-24)30-18-17-29-20-9-11-26(12-10-20)32-21(27)19-7-5-4-6-8-19/h4-8,20H,9-18H2,1-3H3. The summed E-state index contributed by atoms with van der Waals surface area (Å²) in [7, 11) is 0. The number of piperidine rings is 1. The van der Waals surface area contributed by atoms with E-state index in [0.29, 0.717) is 58.0 Å². The Morgan fingerprint density at radius 3 is 2.19 bits per heavy atom. The molecule has 1 aromatic rings. The Labute approximate surface area is 190 Å². The van der Waals surface area contributed by atoms with Crippen molar-refractivity contribution in [1.82, 2.24) is 15.0 Å².